The molecule has 0 saturated carbocycles. The number of rotatable bonds is 7. The number of hydrogen-bond donors (Lipinski definition) is 1. The van der Waals surface area contributed by atoms with Gasteiger partial charge in [0.25, 0.3) is 0 Å². The summed E-state index contributed by atoms with van der Waals surface area (Å²) in [6, 6.07) is 6.45. The van der Waals surface area contributed by atoms with E-state index in [4.69, 9.17) is 4.98 Å². The van der Waals surface area contributed by atoms with Gasteiger partial charge in [-0.25, -0.2) is 9.97 Å². The molecule has 1 heterocycles. The van der Waals surface area contributed by atoms with Crippen LogP contribution in [0, 0.1) is 5.92 Å². The van der Waals surface area contributed by atoms with E-state index in [2.05, 4.69) is 65.6 Å². The van der Waals surface area contributed by atoms with Crippen LogP contribution in [0.4, 0.5) is 11.6 Å². The van der Waals surface area contributed by atoms with Crippen LogP contribution < -0.4 is 5.32 Å². The zero-order valence-electron chi connectivity index (χ0n) is 16.8. The Morgan fingerprint density at radius 1 is 1.30 bits per heavy atom. The molecule has 1 aromatic carbocycles. The van der Waals surface area contributed by atoms with Gasteiger partial charge >= 0.3 is 0 Å². The molecule has 0 aliphatic heterocycles. The van der Waals surface area contributed by atoms with Crippen molar-refractivity contribution in [3.8, 4) is 0 Å². The average molecular weight is 368 g/mol. The molecule has 2 aromatic rings. The maximum Gasteiger partial charge on any atom is 0.222 e. The van der Waals surface area contributed by atoms with Gasteiger partial charge < -0.3 is 5.32 Å². The molecule has 0 saturated heterocycles. The number of aromatic nitrogens is 2. The molecule has 0 radical (unpaired) electrons. The highest BCUT2D eigenvalue weighted by atomic mass is 15.1. The lowest BCUT2D eigenvalue weighted by Crippen LogP contribution is -2.13. The molecular weight excluding hydrogens is 334 g/mol. The summed E-state index contributed by atoms with van der Waals surface area (Å²) in [6.45, 7) is 7.44. The van der Waals surface area contributed by atoms with Gasteiger partial charge in [0.15, 0.2) is 0 Å². The largest absolute Gasteiger partial charge is 0.354 e. The van der Waals surface area contributed by atoms with Crippen LogP contribution in [0.5, 0.6) is 0 Å². The van der Waals surface area contributed by atoms with E-state index in [0.717, 1.165) is 55.1 Å². The Hall–Kier alpha value is -2.56. The van der Waals surface area contributed by atoms with Gasteiger partial charge in [0.1, 0.15) is 0 Å². The Bertz CT molecular complexity index is 862. The zero-order valence-corrected chi connectivity index (χ0v) is 16.8. The van der Waals surface area contributed by atoms with Crippen molar-refractivity contribution in [3.05, 3.63) is 52.9 Å². The molecule has 0 unspecified atom stereocenters. The first kappa shape index (κ1) is 19.2. The molecule has 0 bridgehead atoms. The van der Waals surface area contributed by atoms with Gasteiger partial charge in [-0.05, 0) is 54.0 Å². The summed E-state index contributed by atoms with van der Waals surface area (Å²) in [7, 11) is 1.71. The molecule has 1 aromatic heterocycles. The highest BCUT2D eigenvalue weighted by Gasteiger charge is 2.18. The molecule has 3 rings (SSSR count). The number of nitrogens with one attached hydrogen (secondary N) is 1. The van der Waals surface area contributed by atoms with Gasteiger partial charge in [-0.1, -0.05) is 39.3 Å². The van der Waals surface area contributed by atoms with Gasteiger partial charge in [0, 0.05) is 28.2 Å². The summed E-state index contributed by atoms with van der Waals surface area (Å²) in [6.07, 6.45) is 8.31. The van der Waals surface area contributed by atoms with E-state index in [1.807, 2.05) is 6.20 Å². The van der Waals surface area contributed by atoms with E-state index >= 15 is 0 Å². The summed E-state index contributed by atoms with van der Waals surface area (Å²) in [5, 5.41) is 11.6. The van der Waals surface area contributed by atoms with Crippen molar-refractivity contribution >= 4 is 17.2 Å². The lowest BCUT2D eigenvalue weighted by atomic mass is 9.89. The summed E-state index contributed by atoms with van der Waals surface area (Å²) in [4.78, 5) is 9.32. The van der Waals surface area contributed by atoms with E-state index in [9.17, 15) is 0 Å². The van der Waals surface area contributed by atoms with Crippen LogP contribution in [0.15, 0.2) is 40.7 Å². The Kier molecular flexibility index (Phi) is 6.32. The number of benzene rings is 1. The lowest BCUT2D eigenvalue weighted by molar-refractivity contribution is 0.683. The fraction of sp³-hybridized carbons (Fsp3) is 0.455. The number of azo groups is 1. The predicted molar refractivity (Wildman–Crippen MR) is 116 cm³/mol. The average Bonchev–Trinajstić information content (AvgIpc) is 2.67. The number of fused-ring (bicyclic) bond motifs is 1. The van der Waals surface area contributed by atoms with Crippen LogP contribution in [0.2, 0.25) is 0 Å². The second-order valence-corrected chi connectivity index (χ2v) is 7.38. The first-order valence-corrected chi connectivity index (χ1v) is 9.85. The lowest BCUT2D eigenvalue weighted by Gasteiger charge is -2.19. The number of anilines is 1. The Labute approximate surface area is 165 Å². The van der Waals surface area contributed by atoms with Gasteiger partial charge in [-0.15, -0.1) is 0 Å². The van der Waals surface area contributed by atoms with Crippen molar-refractivity contribution in [1.29, 1.82) is 0 Å². The summed E-state index contributed by atoms with van der Waals surface area (Å²) in [5.41, 5.74) is 6.91. The van der Waals surface area contributed by atoms with Crippen molar-refractivity contribution in [1.82, 2.24) is 9.97 Å². The number of hydrogen-bond acceptors (Lipinski definition) is 5. The van der Waals surface area contributed by atoms with Gasteiger partial charge in [-0.3, -0.25) is 0 Å². The van der Waals surface area contributed by atoms with Gasteiger partial charge in [0.05, 0.1) is 11.4 Å². The minimum Gasteiger partial charge on any atom is -0.354 e. The van der Waals surface area contributed by atoms with Gasteiger partial charge in [-0.2, -0.15) is 10.2 Å². The van der Waals surface area contributed by atoms with E-state index < -0.39 is 0 Å². The fourth-order valence-electron chi connectivity index (χ4n) is 3.38. The number of nitrogens with zero attached hydrogens (tertiary/aromatic N) is 4. The summed E-state index contributed by atoms with van der Waals surface area (Å²) >= 11 is 0. The number of allylic oxidation sites excluding steroid dienone is 1. The van der Waals surface area contributed by atoms with Crippen molar-refractivity contribution in [2.75, 3.05) is 18.9 Å². The molecule has 146 valence electrons. The Morgan fingerprint density at radius 3 is 2.89 bits per heavy atom. The molecule has 1 aliphatic carbocycles. The normalized spacial score (nSPS) is 13.7. The van der Waals surface area contributed by atoms with Crippen LogP contribution in [0.25, 0.3) is 5.57 Å². The molecule has 5 heteroatoms. The van der Waals surface area contributed by atoms with E-state index in [1.54, 1.807) is 7.05 Å². The van der Waals surface area contributed by atoms with E-state index in [-0.39, 0.29) is 2.85 Å². The third-order valence-corrected chi connectivity index (χ3v) is 4.67. The number of aryl methyl sites for hydroxylation is 2. The van der Waals surface area contributed by atoms with Crippen molar-refractivity contribution < 1.29 is 2.85 Å². The third-order valence-electron chi connectivity index (χ3n) is 4.67. The minimum absolute atomic E-state index is 0. The van der Waals surface area contributed by atoms with Crippen LogP contribution in [-0.2, 0) is 12.8 Å². The Morgan fingerprint density at radius 2 is 2.15 bits per heavy atom. The molecule has 0 atom stereocenters. The second kappa shape index (κ2) is 8.89. The molecule has 0 amide bonds. The van der Waals surface area contributed by atoms with Crippen LogP contribution in [0.3, 0.4) is 0 Å². The molecule has 0 spiro atoms. The van der Waals surface area contributed by atoms with Gasteiger partial charge in [0.2, 0.25) is 5.95 Å². The first-order valence-electron chi connectivity index (χ1n) is 9.85. The maximum absolute atomic E-state index is 4.77. The molecule has 27 heavy (non-hydrogen) atoms. The topological polar surface area (TPSA) is 62.5 Å². The van der Waals surface area contributed by atoms with Crippen LogP contribution >= 0.6 is 0 Å². The summed E-state index contributed by atoms with van der Waals surface area (Å²) < 4.78 is 0. The monoisotopic (exact) mass is 367 g/mol. The fourth-order valence-corrected chi connectivity index (χ4v) is 3.38. The molecule has 0 fully saturated rings. The van der Waals surface area contributed by atoms with Crippen LogP contribution in [-0.4, -0.2) is 23.6 Å². The second-order valence-electron chi connectivity index (χ2n) is 7.38. The highest BCUT2D eigenvalue weighted by Crippen LogP contribution is 2.33. The van der Waals surface area contributed by atoms with E-state index in [1.165, 1.54) is 16.7 Å². The Balaban J connectivity index is 0.00000210. The standard InChI is InChI=1S/C22H29N5.2H2/c1-5-7-17-12-16(10-11-20(17)27-23-4)18-8-6-9-21-19(18)14-25-22(26-21)24-13-15(2)3;;/h8,10-12,14-15H,5-7,9,13H2,1-4H3,(H,24,25,26);2*1H. The maximum atomic E-state index is 4.77. The minimum atomic E-state index is 0. The SMILES string of the molecule is CCCc1cc(C2=CCCc3nc(NCC(C)C)ncc32)ccc1N=NC.[HH].[HH]. The molecular formula is C22H33N5. The quantitative estimate of drug-likeness (QED) is 0.603. The zero-order chi connectivity index (χ0) is 19.2. The van der Waals surface area contributed by atoms with Crippen molar-refractivity contribution in [2.45, 2.75) is 46.5 Å². The molecule has 1 N–H and O–H groups in total. The molecule has 5 nitrogen and oxygen atoms in total. The predicted octanol–water partition coefficient (Wildman–Crippen LogP) is 6.08. The first-order chi connectivity index (χ1) is 13.1. The summed E-state index contributed by atoms with van der Waals surface area (Å²) in [5.74, 6) is 1.30. The van der Waals surface area contributed by atoms with Crippen molar-refractivity contribution in [2.24, 2.45) is 16.1 Å². The van der Waals surface area contributed by atoms with Crippen LogP contribution in [0.1, 0.15) is 58.9 Å². The van der Waals surface area contributed by atoms with Crippen molar-refractivity contribution in [3.63, 3.8) is 0 Å². The van der Waals surface area contributed by atoms with E-state index in [0.29, 0.717) is 5.92 Å². The smallest absolute Gasteiger partial charge is 0.222 e. The molecule has 1 aliphatic rings. The third kappa shape index (κ3) is 4.59. The highest BCUT2D eigenvalue weighted by molar-refractivity contribution is 5.82.